The van der Waals surface area contributed by atoms with Crippen molar-refractivity contribution in [2.24, 2.45) is 5.41 Å². The number of para-hydroxylation sites is 2. The third kappa shape index (κ3) is 6.55. The summed E-state index contributed by atoms with van der Waals surface area (Å²) in [4.78, 5) is 37.7. The van der Waals surface area contributed by atoms with Crippen molar-refractivity contribution in [2.75, 3.05) is 24.7 Å². The highest BCUT2D eigenvalue weighted by Gasteiger charge is 2.28. The molecule has 1 N–H and O–H groups in total. The molecule has 1 aliphatic rings. The molecule has 0 aromatic heterocycles. The van der Waals surface area contributed by atoms with Gasteiger partial charge in [-0.2, -0.15) is 0 Å². The average Bonchev–Trinajstić information content (AvgIpc) is 2.56. The van der Waals surface area contributed by atoms with Crippen molar-refractivity contribution in [2.45, 2.75) is 53.0 Å². The Balaban J connectivity index is 1.80. The highest BCUT2D eigenvalue weighted by Crippen LogP contribution is 2.31. The first kappa shape index (κ1) is 21.7. The van der Waals surface area contributed by atoms with E-state index in [2.05, 4.69) is 26.1 Å². The van der Waals surface area contributed by atoms with Gasteiger partial charge in [0.2, 0.25) is 0 Å². The first-order valence-corrected chi connectivity index (χ1v) is 9.46. The highest BCUT2D eigenvalue weighted by atomic mass is 16.5. The Labute approximate surface area is 166 Å². The molecule has 1 aromatic carbocycles. The van der Waals surface area contributed by atoms with E-state index in [0.717, 1.165) is 6.42 Å². The minimum atomic E-state index is -0.527. The molecule has 0 atom stereocenters. The van der Waals surface area contributed by atoms with Crippen molar-refractivity contribution >= 4 is 23.5 Å². The van der Waals surface area contributed by atoms with Gasteiger partial charge in [-0.05, 0) is 37.8 Å². The fraction of sp³-hybridized carbons (Fsp3) is 0.571. The van der Waals surface area contributed by atoms with Crippen LogP contribution >= 0.6 is 0 Å². The molecule has 2 rings (SSSR count). The number of benzene rings is 1. The quantitative estimate of drug-likeness (QED) is 0.724. The largest absolute Gasteiger partial charge is 0.482 e. The van der Waals surface area contributed by atoms with Crippen LogP contribution < -0.4 is 15.0 Å². The van der Waals surface area contributed by atoms with E-state index in [1.165, 1.54) is 4.90 Å². The van der Waals surface area contributed by atoms with Crippen molar-refractivity contribution in [3.8, 4) is 5.75 Å². The lowest BCUT2D eigenvalue weighted by Gasteiger charge is -2.33. The van der Waals surface area contributed by atoms with Crippen molar-refractivity contribution < 1.29 is 23.9 Å². The summed E-state index contributed by atoms with van der Waals surface area (Å²) in [6, 6.07) is 7.16. The van der Waals surface area contributed by atoms with E-state index >= 15 is 0 Å². The van der Waals surface area contributed by atoms with Gasteiger partial charge in [-0.25, -0.2) is 0 Å². The second-order valence-corrected chi connectivity index (χ2v) is 8.88. The Morgan fingerprint density at radius 2 is 1.86 bits per heavy atom. The number of rotatable bonds is 7. The molecule has 0 bridgehead atoms. The number of carbonyl (C=O) groups excluding carboxylic acids is 3. The molecule has 1 aliphatic heterocycles. The Morgan fingerprint density at radius 1 is 1.18 bits per heavy atom. The average molecular weight is 390 g/mol. The Bertz CT molecular complexity index is 737. The van der Waals surface area contributed by atoms with Gasteiger partial charge in [0.25, 0.3) is 11.8 Å². The summed E-state index contributed by atoms with van der Waals surface area (Å²) in [6.07, 6.45) is 0.789. The number of fused-ring (bicyclic) bond motifs is 1. The van der Waals surface area contributed by atoms with Crippen molar-refractivity contribution in [1.82, 2.24) is 5.32 Å². The smallest absolute Gasteiger partial charge is 0.308 e. The number of nitrogens with one attached hydrogen (secondary N) is 1. The predicted molar refractivity (Wildman–Crippen MR) is 106 cm³/mol. The normalized spacial score (nSPS) is 14.2. The number of carbonyl (C=O) groups is 3. The summed E-state index contributed by atoms with van der Waals surface area (Å²) >= 11 is 0. The molecule has 7 nitrogen and oxygen atoms in total. The maximum absolute atomic E-state index is 12.1. The molecule has 28 heavy (non-hydrogen) atoms. The summed E-state index contributed by atoms with van der Waals surface area (Å²) in [5.74, 6) is -0.472. The van der Waals surface area contributed by atoms with Crippen LogP contribution in [0.25, 0.3) is 0 Å². The third-order valence-corrected chi connectivity index (χ3v) is 4.16. The fourth-order valence-electron chi connectivity index (χ4n) is 3.60. The van der Waals surface area contributed by atoms with Crippen LogP contribution in [0.3, 0.4) is 0 Å². The first-order chi connectivity index (χ1) is 13.0. The number of nitrogens with zero attached hydrogens (tertiary/aromatic N) is 1. The number of amides is 2. The second-order valence-electron chi connectivity index (χ2n) is 8.88. The zero-order valence-corrected chi connectivity index (χ0v) is 17.3. The molecule has 1 aromatic rings. The van der Waals surface area contributed by atoms with Crippen molar-refractivity contribution in [3.63, 3.8) is 0 Å². The van der Waals surface area contributed by atoms with E-state index in [1.54, 1.807) is 18.2 Å². The molecule has 0 saturated heterocycles. The molecule has 7 heteroatoms. The predicted octanol–water partition coefficient (Wildman–Crippen LogP) is 2.68. The minimum Gasteiger partial charge on any atom is -0.482 e. The van der Waals surface area contributed by atoms with Crippen LogP contribution in [0.15, 0.2) is 24.3 Å². The van der Waals surface area contributed by atoms with Crippen LogP contribution in [0, 0.1) is 5.41 Å². The molecule has 0 saturated carbocycles. The molecule has 1 heterocycles. The molecular weight excluding hydrogens is 360 g/mol. The van der Waals surface area contributed by atoms with E-state index in [1.807, 2.05) is 19.9 Å². The van der Waals surface area contributed by atoms with Crippen LogP contribution in [-0.4, -0.2) is 43.1 Å². The van der Waals surface area contributed by atoms with E-state index in [4.69, 9.17) is 9.47 Å². The highest BCUT2D eigenvalue weighted by molar-refractivity contribution is 5.98. The Kier molecular flexibility index (Phi) is 6.69. The van der Waals surface area contributed by atoms with E-state index in [0.29, 0.717) is 11.4 Å². The van der Waals surface area contributed by atoms with Gasteiger partial charge in [0.05, 0.1) is 12.1 Å². The van der Waals surface area contributed by atoms with E-state index < -0.39 is 11.5 Å². The lowest BCUT2D eigenvalue weighted by Crippen LogP contribution is -2.47. The molecule has 0 aliphatic carbocycles. The standard InChI is InChI=1S/C21H30N2O5/c1-20(2,3)14-21(4,5)22-17(24)12-28-19(26)10-11-23-15-8-6-7-9-16(15)27-13-18(23)25/h6-9H,10-14H2,1-5H3,(H,22,24). The van der Waals surface area contributed by atoms with Gasteiger partial charge in [-0.3, -0.25) is 14.4 Å². The number of esters is 1. The van der Waals surface area contributed by atoms with Gasteiger partial charge in [0.15, 0.2) is 13.2 Å². The Morgan fingerprint density at radius 3 is 2.54 bits per heavy atom. The van der Waals surface area contributed by atoms with Gasteiger partial charge in [0, 0.05) is 12.1 Å². The third-order valence-electron chi connectivity index (χ3n) is 4.16. The molecule has 0 radical (unpaired) electrons. The lowest BCUT2D eigenvalue weighted by molar-refractivity contribution is -0.149. The van der Waals surface area contributed by atoms with Gasteiger partial charge >= 0.3 is 5.97 Å². The fourth-order valence-corrected chi connectivity index (χ4v) is 3.60. The lowest BCUT2D eigenvalue weighted by atomic mass is 9.82. The summed E-state index contributed by atoms with van der Waals surface area (Å²) in [5.41, 5.74) is 0.299. The van der Waals surface area contributed by atoms with E-state index in [-0.39, 0.29) is 43.4 Å². The Hall–Kier alpha value is -2.57. The maximum atomic E-state index is 12.1. The van der Waals surface area contributed by atoms with Crippen LogP contribution in [0.5, 0.6) is 5.75 Å². The molecular formula is C21H30N2O5. The van der Waals surface area contributed by atoms with Crippen LogP contribution in [0.1, 0.15) is 47.5 Å². The minimum absolute atomic E-state index is 0.00125. The van der Waals surface area contributed by atoms with Crippen molar-refractivity contribution in [3.05, 3.63) is 24.3 Å². The second kappa shape index (κ2) is 8.63. The molecule has 154 valence electrons. The SMILES string of the molecule is CC(C)(C)CC(C)(C)NC(=O)COC(=O)CCN1C(=O)COc2ccccc21. The number of hydrogen-bond acceptors (Lipinski definition) is 5. The maximum Gasteiger partial charge on any atom is 0.308 e. The van der Waals surface area contributed by atoms with Crippen LogP contribution in [0.4, 0.5) is 5.69 Å². The number of hydrogen-bond donors (Lipinski definition) is 1. The summed E-state index contributed by atoms with van der Waals surface area (Å²) in [7, 11) is 0. The number of ether oxygens (including phenoxy) is 2. The van der Waals surface area contributed by atoms with Gasteiger partial charge in [-0.1, -0.05) is 32.9 Å². The molecule has 2 amide bonds. The molecule has 0 spiro atoms. The first-order valence-electron chi connectivity index (χ1n) is 9.46. The monoisotopic (exact) mass is 390 g/mol. The van der Waals surface area contributed by atoms with Gasteiger partial charge in [-0.15, -0.1) is 0 Å². The zero-order chi connectivity index (χ0) is 20.9. The van der Waals surface area contributed by atoms with Crippen LogP contribution in [-0.2, 0) is 19.1 Å². The number of anilines is 1. The summed E-state index contributed by atoms with van der Waals surface area (Å²) < 4.78 is 10.4. The van der Waals surface area contributed by atoms with E-state index in [9.17, 15) is 14.4 Å². The van der Waals surface area contributed by atoms with Gasteiger partial charge in [0.1, 0.15) is 5.75 Å². The van der Waals surface area contributed by atoms with Gasteiger partial charge < -0.3 is 19.7 Å². The topological polar surface area (TPSA) is 84.9 Å². The van der Waals surface area contributed by atoms with Crippen molar-refractivity contribution in [1.29, 1.82) is 0 Å². The molecule has 0 unspecified atom stereocenters. The summed E-state index contributed by atoms with van der Waals surface area (Å²) in [6.45, 7) is 9.98. The molecule has 0 fully saturated rings. The zero-order valence-electron chi connectivity index (χ0n) is 17.3. The van der Waals surface area contributed by atoms with Crippen LogP contribution in [0.2, 0.25) is 0 Å². The summed E-state index contributed by atoms with van der Waals surface area (Å²) in [5, 5.41) is 2.90.